The van der Waals surface area contributed by atoms with E-state index in [1.54, 1.807) is 22.3 Å². The van der Waals surface area contributed by atoms with Crippen LogP contribution in [0, 0.1) is 0 Å². The zero-order valence-corrected chi connectivity index (χ0v) is 26.7. The number of hydrogen-bond acceptors (Lipinski definition) is 0. The first kappa shape index (κ1) is 32.7. The van der Waals surface area contributed by atoms with Gasteiger partial charge in [0.2, 0.25) is 0 Å². The van der Waals surface area contributed by atoms with Gasteiger partial charge in [0.1, 0.15) is 0 Å². The third kappa shape index (κ3) is 16.4. The molecular formula is C32H52Cl3Rh. The summed E-state index contributed by atoms with van der Waals surface area (Å²) in [4.78, 5) is 0. The summed E-state index contributed by atoms with van der Waals surface area (Å²) in [6.45, 7) is 0. The Morgan fingerprint density at radius 2 is 0.528 bits per heavy atom. The van der Waals surface area contributed by atoms with Crippen LogP contribution in [0.25, 0.3) is 0 Å². The Morgan fingerprint density at radius 1 is 0.333 bits per heavy atom. The van der Waals surface area contributed by atoms with E-state index in [9.17, 15) is 0 Å². The summed E-state index contributed by atoms with van der Waals surface area (Å²) in [6, 6.07) is 0. The third-order valence-corrected chi connectivity index (χ3v) is 7.99. The van der Waals surface area contributed by atoms with Gasteiger partial charge in [0.15, 0.2) is 0 Å². The Labute approximate surface area is 241 Å². The monoisotopic (exact) mass is 644 g/mol. The van der Waals surface area contributed by atoms with Crippen LogP contribution in [-0.2, 0) is 13.0 Å². The molecule has 0 aromatic carbocycles. The van der Waals surface area contributed by atoms with Crippen molar-refractivity contribution >= 4 is 29.1 Å². The maximum atomic E-state index is 4.94. The molecule has 0 nitrogen and oxygen atoms in total. The predicted octanol–water partition coefficient (Wildman–Crippen LogP) is 13.2. The van der Waals surface area contributed by atoms with E-state index in [2.05, 4.69) is 24.3 Å². The molecule has 0 fully saturated rings. The van der Waals surface area contributed by atoms with Gasteiger partial charge in [0, 0.05) is 0 Å². The van der Waals surface area contributed by atoms with E-state index in [1.165, 1.54) is 154 Å². The maximum absolute atomic E-state index is 4.94. The number of allylic oxidation sites excluding steroid dienone is 8. The molecule has 4 rings (SSSR count). The minimum absolute atomic E-state index is 1.33. The molecule has 0 unspecified atom stereocenters. The molecule has 0 atom stereocenters. The van der Waals surface area contributed by atoms with Gasteiger partial charge in [0.25, 0.3) is 0 Å². The van der Waals surface area contributed by atoms with Crippen LogP contribution in [0.2, 0.25) is 0 Å². The van der Waals surface area contributed by atoms with Crippen LogP contribution in [0.1, 0.15) is 154 Å². The van der Waals surface area contributed by atoms with Gasteiger partial charge in [-0.1, -0.05) is 75.7 Å². The average Bonchev–Trinajstić information content (AvgIpc) is 2.75. The zero-order valence-electron chi connectivity index (χ0n) is 22.7. The summed E-state index contributed by atoms with van der Waals surface area (Å²) >= 11 is -1.66. The van der Waals surface area contributed by atoms with Gasteiger partial charge in [-0.25, -0.2) is 0 Å². The molecule has 0 saturated carbocycles. The summed E-state index contributed by atoms with van der Waals surface area (Å²) in [5, 5.41) is 0. The van der Waals surface area contributed by atoms with Crippen molar-refractivity contribution in [2.45, 2.75) is 154 Å². The first-order chi connectivity index (χ1) is 17.7. The second-order valence-electron chi connectivity index (χ2n) is 10.9. The van der Waals surface area contributed by atoms with Gasteiger partial charge >= 0.3 is 42.1 Å². The van der Waals surface area contributed by atoms with Crippen LogP contribution in [0.3, 0.4) is 0 Å². The average molecular weight is 646 g/mol. The molecule has 0 saturated heterocycles. The van der Waals surface area contributed by atoms with Crippen LogP contribution in [0.15, 0.2) is 46.6 Å². The van der Waals surface area contributed by atoms with Crippen molar-refractivity contribution in [3.8, 4) is 0 Å². The summed E-state index contributed by atoms with van der Waals surface area (Å²) < 4.78 is 0. The van der Waals surface area contributed by atoms with Crippen molar-refractivity contribution in [1.82, 2.24) is 0 Å². The predicted molar refractivity (Wildman–Crippen MR) is 161 cm³/mol. The quantitative estimate of drug-likeness (QED) is 0.262. The molecule has 0 heterocycles. The standard InChI is InChI=1S/2C16H26.3ClH.Rh/c2*1-3-7-11-15(12-8-4-1)16-13-9-5-2-6-10-14-16;;;;/h2*11,13H,1-10,12,14H2;3*1H;/q;;;;;+3/p-3. The molecule has 0 aliphatic heterocycles. The van der Waals surface area contributed by atoms with Crippen LogP contribution >= 0.6 is 29.1 Å². The second-order valence-corrected chi connectivity index (χ2v) is 18.3. The van der Waals surface area contributed by atoms with Crippen molar-refractivity contribution in [1.29, 1.82) is 0 Å². The Kier molecular flexibility index (Phi) is 20.2. The molecule has 4 heteroatoms. The topological polar surface area (TPSA) is 0 Å². The van der Waals surface area contributed by atoms with Crippen LogP contribution in [-0.4, -0.2) is 0 Å². The van der Waals surface area contributed by atoms with E-state index in [0.29, 0.717) is 0 Å². The van der Waals surface area contributed by atoms with Crippen LogP contribution < -0.4 is 0 Å². The normalized spacial score (nSPS) is 23.0. The fourth-order valence-electron chi connectivity index (χ4n) is 5.93. The van der Waals surface area contributed by atoms with Crippen LogP contribution in [0.4, 0.5) is 0 Å². The van der Waals surface area contributed by atoms with E-state index in [0.717, 1.165) is 0 Å². The number of hydrogen-bond donors (Lipinski definition) is 0. The third-order valence-electron chi connectivity index (χ3n) is 7.99. The summed E-state index contributed by atoms with van der Waals surface area (Å²) in [6.07, 6.45) is 43.8. The summed E-state index contributed by atoms with van der Waals surface area (Å²) in [5.41, 5.74) is 6.84. The molecule has 4 aliphatic carbocycles. The Hall–Kier alpha value is 0.453. The fraction of sp³-hybridized carbons (Fsp3) is 0.750. The fourth-order valence-corrected chi connectivity index (χ4v) is 5.93. The minimum atomic E-state index is -1.66. The second kappa shape index (κ2) is 22.3. The van der Waals surface area contributed by atoms with Crippen molar-refractivity contribution in [3.63, 3.8) is 0 Å². The van der Waals surface area contributed by atoms with Crippen molar-refractivity contribution < 1.29 is 13.0 Å². The Balaban J connectivity index is 0.000000221. The van der Waals surface area contributed by atoms with Gasteiger partial charge in [0.05, 0.1) is 0 Å². The molecular weight excluding hydrogens is 594 g/mol. The molecule has 0 N–H and O–H groups in total. The van der Waals surface area contributed by atoms with E-state index in [4.69, 9.17) is 29.1 Å². The molecule has 4 aliphatic rings. The number of halogens is 3. The van der Waals surface area contributed by atoms with Gasteiger partial charge in [-0.2, -0.15) is 0 Å². The molecule has 0 radical (unpaired) electrons. The van der Waals surface area contributed by atoms with E-state index >= 15 is 0 Å². The first-order valence-electron chi connectivity index (χ1n) is 15.1. The Morgan fingerprint density at radius 3 is 0.750 bits per heavy atom. The van der Waals surface area contributed by atoms with Crippen molar-refractivity contribution in [2.24, 2.45) is 0 Å². The molecule has 0 bridgehead atoms. The molecule has 0 amide bonds. The van der Waals surface area contributed by atoms with E-state index in [1.807, 2.05) is 0 Å². The van der Waals surface area contributed by atoms with Crippen LogP contribution in [0.5, 0.6) is 0 Å². The SMILES string of the molecule is C1=C(C2=CCCCCCC2)CCCCCC1.C1=C(C2=CCCCCCC2)CCCCCC1.[Cl][Rh]([Cl])[Cl]. The summed E-state index contributed by atoms with van der Waals surface area (Å²) in [7, 11) is 14.8. The molecule has 210 valence electrons. The summed E-state index contributed by atoms with van der Waals surface area (Å²) in [5.74, 6) is 0. The molecule has 0 aromatic rings. The van der Waals surface area contributed by atoms with Crippen molar-refractivity contribution in [3.05, 3.63) is 46.6 Å². The molecule has 0 spiro atoms. The van der Waals surface area contributed by atoms with E-state index < -0.39 is 13.0 Å². The van der Waals surface area contributed by atoms with Gasteiger partial charge in [-0.05, 0) is 125 Å². The van der Waals surface area contributed by atoms with Gasteiger partial charge < -0.3 is 0 Å². The number of rotatable bonds is 2. The Bertz CT molecular complexity index is 575. The molecule has 36 heavy (non-hydrogen) atoms. The van der Waals surface area contributed by atoms with Gasteiger partial charge in [-0.15, -0.1) is 0 Å². The van der Waals surface area contributed by atoms with Crippen molar-refractivity contribution in [2.75, 3.05) is 0 Å². The molecule has 0 aromatic heterocycles. The van der Waals surface area contributed by atoms with E-state index in [-0.39, 0.29) is 0 Å². The van der Waals surface area contributed by atoms with Gasteiger partial charge in [-0.3, -0.25) is 0 Å². The zero-order chi connectivity index (χ0) is 25.7. The first-order valence-corrected chi connectivity index (χ1v) is 21.4.